The Labute approximate surface area is 132 Å². The van der Waals surface area contributed by atoms with Crippen LogP contribution < -0.4 is 10.6 Å². The number of ether oxygens (including phenoxy) is 1. The lowest BCUT2D eigenvalue weighted by Crippen LogP contribution is -2.41. The summed E-state index contributed by atoms with van der Waals surface area (Å²) in [7, 11) is 0. The molecule has 1 atom stereocenters. The smallest absolute Gasteiger partial charge is 0.222 e. The number of nitrogens with one attached hydrogen (secondary N) is 2. The van der Waals surface area contributed by atoms with E-state index in [0.717, 1.165) is 33.1 Å². The number of halogens is 1. The Hall–Kier alpha value is -1.14. The van der Waals surface area contributed by atoms with Crippen LogP contribution in [0.25, 0.3) is 10.1 Å². The van der Waals surface area contributed by atoms with Gasteiger partial charge in [0.15, 0.2) is 0 Å². The van der Waals surface area contributed by atoms with Crippen molar-refractivity contribution in [2.75, 3.05) is 19.7 Å². The van der Waals surface area contributed by atoms with Gasteiger partial charge in [-0.15, -0.1) is 11.3 Å². The highest BCUT2D eigenvalue weighted by atomic mass is 35.5. The van der Waals surface area contributed by atoms with Crippen LogP contribution in [-0.4, -0.2) is 31.7 Å². The average molecular weight is 325 g/mol. The van der Waals surface area contributed by atoms with E-state index in [1.807, 2.05) is 24.3 Å². The zero-order valence-electron chi connectivity index (χ0n) is 11.5. The highest BCUT2D eigenvalue weighted by Gasteiger charge is 2.18. The Bertz CT molecular complexity index is 638. The van der Waals surface area contributed by atoms with Gasteiger partial charge in [0.25, 0.3) is 0 Å². The Morgan fingerprint density at radius 3 is 3.10 bits per heavy atom. The van der Waals surface area contributed by atoms with Crippen LogP contribution in [0.1, 0.15) is 11.3 Å². The zero-order chi connectivity index (χ0) is 14.7. The first-order valence-corrected chi connectivity index (χ1v) is 8.18. The van der Waals surface area contributed by atoms with E-state index in [2.05, 4.69) is 10.6 Å². The molecule has 1 aromatic carbocycles. The lowest BCUT2D eigenvalue weighted by atomic mass is 10.2. The second kappa shape index (κ2) is 6.75. The Morgan fingerprint density at radius 1 is 1.48 bits per heavy atom. The third-order valence-corrected chi connectivity index (χ3v) is 5.18. The van der Waals surface area contributed by atoms with Gasteiger partial charge in [-0.1, -0.05) is 29.8 Å². The average Bonchev–Trinajstić information content (AvgIpc) is 2.83. The molecule has 112 valence electrons. The van der Waals surface area contributed by atoms with Gasteiger partial charge >= 0.3 is 0 Å². The first-order chi connectivity index (χ1) is 10.2. The van der Waals surface area contributed by atoms with Crippen LogP contribution in [0, 0.1) is 0 Å². The van der Waals surface area contributed by atoms with E-state index < -0.39 is 0 Å². The van der Waals surface area contributed by atoms with Gasteiger partial charge < -0.3 is 15.4 Å². The lowest BCUT2D eigenvalue weighted by Gasteiger charge is -2.22. The SMILES string of the molecule is O=C(C[C@H]1CNCCO1)NCc1sc2ccccc2c1Cl. The van der Waals surface area contributed by atoms with E-state index in [-0.39, 0.29) is 12.0 Å². The van der Waals surface area contributed by atoms with Gasteiger partial charge in [-0.2, -0.15) is 0 Å². The fourth-order valence-electron chi connectivity index (χ4n) is 2.39. The molecule has 21 heavy (non-hydrogen) atoms. The number of carbonyl (C=O) groups excluding carboxylic acids is 1. The number of fused-ring (bicyclic) bond motifs is 1. The number of hydrogen-bond donors (Lipinski definition) is 2. The minimum absolute atomic E-state index is 0.00257. The molecule has 0 aliphatic carbocycles. The molecule has 3 rings (SSSR count). The maximum atomic E-state index is 12.0. The van der Waals surface area contributed by atoms with Crippen LogP contribution in [0.2, 0.25) is 5.02 Å². The molecule has 0 radical (unpaired) electrons. The van der Waals surface area contributed by atoms with Crippen LogP contribution in [0.5, 0.6) is 0 Å². The number of morpholine rings is 1. The molecule has 1 aromatic heterocycles. The fourth-order valence-corrected chi connectivity index (χ4v) is 3.83. The third kappa shape index (κ3) is 3.55. The van der Waals surface area contributed by atoms with E-state index in [4.69, 9.17) is 16.3 Å². The second-order valence-electron chi connectivity index (χ2n) is 5.01. The van der Waals surface area contributed by atoms with Crippen molar-refractivity contribution in [3.63, 3.8) is 0 Å². The zero-order valence-corrected chi connectivity index (χ0v) is 13.1. The molecule has 2 heterocycles. The second-order valence-corrected chi connectivity index (χ2v) is 6.53. The first kappa shape index (κ1) is 14.8. The molecule has 1 aliphatic heterocycles. The molecule has 0 bridgehead atoms. The molecule has 1 fully saturated rings. The van der Waals surface area contributed by atoms with Gasteiger partial charge in [-0.3, -0.25) is 4.79 Å². The molecule has 0 unspecified atom stereocenters. The minimum Gasteiger partial charge on any atom is -0.375 e. The van der Waals surface area contributed by atoms with Crippen molar-refractivity contribution in [3.8, 4) is 0 Å². The predicted octanol–water partition coefficient (Wildman–Crippen LogP) is 2.55. The highest BCUT2D eigenvalue weighted by Crippen LogP contribution is 2.34. The Morgan fingerprint density at radius 2 is 2.33 bits per heavy atom. The van der Waals surface area contributed by atoms with Gasteiger partial charge in [0.1, 0.15) is 0 Å². The van der Waals surface area contributed by atoms with Crippen LogP contribution >= 0.6 is 22.9 Å². The van der Waals surface area contributed by atoms with Crippen molar-refractivity contribution in [1.82, 2.24) is 10.6 Å². The van der Waals surface area contributed by atoms with Crippen molar-refractivity contribution in [2.24, 2.45) is 0 Å². The quantitative estimate of drug-likeness (QED) is 0.908. The fraction of sp³-hybridized carbons (Fsp3) is 0.400. The third-order valence-electron chi connectivity index (χ3n) is 3.47. The summed E-state index contributed by atoms with van der Waals surface area (Å²) in [4.78, 5) is 12.9. The number of benzene rings is 1. The summed E-state index contributed by atoms with van der Waals surface area (Å²) in [5, 5.41) is 7.94. The predicted molar refractivity (Wildman–Crippen MR) is 85.9 cm³/mol. The van der Waals surface area contributed by atoms with E-state index in [1.54, 1.807) is 11.3 Å². The summed E-state index contributed by atoms with van der Waals surface area (Å²) in [5.74, 6) is -0.00257. The first-order valence-electron chi connectivity index (χ1n) is 6.99. The van der Waals surface area contributed by atoms with E-state index >= 15 is 0 Å². The summed E-state index contributed by atoms with van der Waals surface area (Å²) in [6.07, 6.45) is 0.354. The van der Waals surface area contributed by atoms with Crippen LogP contribution in [0.4, 0.5) is 0 Å². The molecule has 1 amide bonds. The standard InChI is InChI=1S/C15H17ClN2O2S/c16-15-11-3-1-2-4-12(11)21-13(15)9-18-14(19)7-10-8-17-5-6-20-10/h1-4,10,17H,5-9H2,(H,18,19)/t10-/m0/s1. The van der Waals surface area contributed by atoms with Crippen molar-refractivity contribution >= 4 is 38.9 Å². The molecule has 2 N–H and O–H groups in total. The maximum absolute atomic E-state index is 12.0. The number of thiophene rings is 1. The molecular weight excluding hydrogens is 308 g/mol. The van der Waals surface area contributed by atoms with Gasteiger partial charge in [-0.25, -0.2) is 0 Å². The molecule has 1 aliphatic rings. The molecular formula is C15H17ClN2O2S. The van der Waals surface area contributed by atoms with Gasteiger partial charge in [0.2, 0.25) is 5.91 Å². The number of amides is 1. The summed E-state index contributed by atoms with van der Waals surface area (Å²) >= 11 is 7.98. The number of carbonyl (C=O) groups is 1. The summed E-state index contributed by atoms with van der Waals surface area (Å²) < 4.78 is 6.67. The normalized spacial score (nSPS) is 18.8. The van der Waals surface area contributed by atoms with Crippen molar-refractivity contribution in [3.05, 3.63) is 34.2 Å². The number of hydrogen-bond acceptors (Lipinski definition) is 4. The monoisotopic (exact) mass is 324 g/mol. The molecule has 6 heteroatoms. The summed E-state index contributed by atoms with van der Waals surface area (Å²) in [6, 6.07) is 8.00. The topological polar surface area (TPSA) is 50.4 Å². The molecule has 4 nitrogen and oxygen atoms in total. The van der Waals surface area contributed by atoms with Gasteiger partial charge in [0.05, 0.1) is 30.7 Å². The van der Waals surface area contributed by atoms with Gasteiger partial charge in [-0.05, 0) is 6.07 Å². The Kier molecular flexibility index (Phi) is 4.75. The Balaban J connectivity index is 1.58. The van der Waals surface area contributed by atoms with E-state index in [9.17, 15) is 4.79 Å². The van der Waals surface area contributed by atoms with Crippen LogP contribution in [0.3, 0.4) is 0 Å². The van der Waals surface area contributed by atoms with Crippen molar-refractivity contribution in [1.29, 1.82) is 0 Å². The molecule has 0 spiro atoms. The largest absolute Gasteiger partial charge is 0.375 e. The van der Waals surface area contributed by atoms with Crippen LogP contribution in [0.15, 0.2) is 24.3 Å². The lowest BCUT2D eigenvalue weighted by molar-refractivity contribution is -0.124. The highest BCUT2D eigenvalue weighted by molar-refractivity contribution is 7.19. The van der Waals surface area contributed by atoms with Crippen molar-refractivity contribution < 1.29 is 9.53 Å². The van der Waals surface area contributed by atoms with E-state index in [0.29, 0.717) is 19.6 Å². The minimum atomic E-state index is -0.0309. The van der Waals surface area contributed by atoms with Crippen molar-refractivity contribution in [2.45, 2.75) is 19.1 Å². The number of rotatable bonds is 4. The van der Waals surface area contributed by atoms with E-state index in [1.165, 1.54) is 0 Å². The van der Waals surface area contributed by atoms with Crippen LogP contribution in [-0.2, 0) is 16.1 Å². The molecule has 2 aromatic rings. The molecule has 0 saturated carbocycles. The van der Waals surface area contributed by atoms with Gasteiger partial charge in [0, 0.05) is 28.1 Å². The summed E-state index contributed by atoms with van der Waals surface area (Å²) in [5.41, 5.74) is 0. The summed E-state index contributed by atoms with van der Waals surface area (Å²) in [6.45, 7) is 2.73. The maximum Gasteiger partial charge on any atom is 0.222 e. The molecule has 1 saturated heterocycles.